The summed E-state index contributed by atoms with van der Waals surface area (Å²) in [5, 5.41) is 0. The van der Waals surface area contributed by atoms with Crippen molar-refractivity contribution in [3.63, 3.8) is 0 Å². The maximum absolute atomic E-state index is 11.7. The van der Waals surface area contributed by atoms with Crippen molar-refractivity contribution in [2.24, 2.45) is 0 Å². The standard InChI is InChI=1S/C18H19BO3.C3H6/c1-10-7-13(5-6-16(10)21)18-15(12-3-4-12)8-14(19)9-17(18)22-11(2)20;1-3-2/h7-9,12-13H,3-6H2,1-2H3;3H,1H2,2H3. The van der Waals surface area contributed by atoms with Crippen molar-refractivity contribution in [3.8, 4) is 5.75 Å². The maximum Gasteiger partial charge on any atom is 0.308 e. The number of hydrogen-bond acceptors (Lipinski definition) is 3. The first kappa shape index (κ1) is 19.2. The molecule has 0 amide bonds. The number of ether oxygens (including phenoxy) is 1. The third-order valence-corrected chi connectivity index (χ3v) is 4.41. The molecular weight excluding hydrogens is 311 g/mol. The van der Waals surface area contributed by atoms with Gasteiger partial charge in [-0.1, -0.05) is 23.7 Å². The Morgan fingerprint density at radius 2 is 1.96 bits per heavy atom. The second-order valence-corrected chi connectivity index (χ2v) is 6.72. The molecule has 130 valence electrons. The Labute approximate surface area is 151 Å². The van der Waals surface area contributed by atoms with Gasteiger partial charge in [0.2, 0.25) is 0 Å². The Kier molecular flexibility index (Phi) is 6.41. The Morgan fingerprint density at radius 1 is 1.32 bits per heavy atom. The summed E-state index contributed by atoms with van der Waals surface area (Å²) in [5.74, 6) is 1.02. The smallest absolute Gasteiger partial charge is 0.308 e. The highest BCUT2D eigenvalue weighted by molar-refractivity contribution is 6.32. The van der Waals surface area contributed by atoms with Gasteiger partial charge >= 0.3 is 5.97 Å². The van der Waals surface area contributed by atoms with Gasteiger partial charge in [0.1, 0.15) is 13.6 Å². The zero-order valence-electron chi connectivity index (χ0n) is 15.3. The molecular formula is C21H25BO3. The molecule has 0 N–H and O–H groups in total. The van der Waals surface area contributed by atoms with Gasteiger partial charge in [0, 0.05) is 24.8 Å². The fourth-order valence-corrected chi connectivity index (χ4v) is 3.23. The van der Waals surface area contributed by atoms with E-state index in [-0.39, 0.29) is 17.7 Å². The quantitative estimate of drug-likeness (QED) is 0.364. The minimum atomic E-state index is -0.346. The van der Waals surface area contributed by atoms with Gasteiger partial charge in [-0.2, -0.15) is 0 Å². The van der Waals surface area contributed by atoms with Crippen LogP contribution < -0.4 is 10.2 Å². The highest BCUT2D eigenvalue weighted by Gasteiger charge is 2.32. The van der Waals surface area contributed by atoms with Gasteiger partial charge in [0.25, 0.3) is 0 Å². The van der Waals surface area contributed by atoms with Gasteiger partial charge in [-0.3, -0.25) is 9.59 Å². The summed E-state index contributed by atoms with van der Waals surface area (Å²) in [6.45, 7) is 8.50. The molecule has 1 unspecified atom stereocenters. The largest absolute Gasteiger partial charge is 0.426 e. The molecule has 1 aromatic rings. The van der Waals surface area contributed by atoms with Gasteiger partial charge in [-0.15, -0.1) is 6.58 Å². The van der Waals surface area contributed by atoms with E-state index >= 15 is 0 Å². The van der Waals surface area contributed by atoms with Gasteiger partial charge in [-0.25, -0.2) is 0 Å². The van der Waals surface area contributed by atoms with Crippen LogP contribution in [0.1, 0.15) is 69.4 Å². The van der Waals surface area contributed by atoms with Crippen molar-refractivity contribution in [3.05, 3.63) is 47.6 Å². The summed E-state index contributed by atoms with van der Waals surface area (Å²) in [7, 11) is 5.99. The summed E-state index contributed by atoms with van der Waals surface area (Å²) >= 11 is 0. The van der Waals surface area contributed by atoms with Crippen LogP contribution in [0.2, 0.25) is 0 Å². The number of hydrogen-bond donors (Lipinski definition) is 0. The van der Waals surface area contributed by atoms with Gasteiger partial charge in [0.05, 0.1) is 0 Å². The summed E-state index contributed by atoms with van der Waals surface area (Å²) in [6, 6.07) is 3.72. The zero-order valence-corrected chi connectivity index (χ0v) is 15.3. The first-order chi connectivity index (χ1) is 11.9. The Bertz CT molecular complexity index is 714. The summed E-state index contributed by atoms with van der Waals surface area (Å²) < 4.78 is 5.43. The summed E-state index contributed by atoms with van der Waals surface area (Å²) in [5.41, 5.74) is 3.64. The van der Waals surface area contributed by atoms with Gasteiger partial charge in [-0.05, 0) is 56.2 Å². The highest BCUT2D eigenvalue weighted by atomic mass is 16.5. The topological polar surface area (TPSA) is 43.4 Å². The maximum atomic E-state index is 11.7. The average Bonchev–Trinajstić information content (AvgIpc) is 3.34. The molecule has 0 saturated heterocycles. The second-order valence-electron chi connectivity index (χ2n) is 6.72. The number of allylic oxidation sites excluding steroid dienone is 3. The van der Waals surface area contributed by atoms with Crippen LogP contribution >= 0.6 is 0 Å². The molecule has 0 heterocycles. The molecule has 2 aliphatic rings. The van der Waals surface area contributed by atoms with Crippen LogP contribution in [0.15, 0.2) is 36.4 Å². The first-order valence-electron chi connectivity index (χ1n) is 8.77. The Morgan fingerprint density at radius 3 is 2.48 bits per heavy atom. The van der Waals surface area contributed by atoms with Crippen LogP contribution in [0.4, 0.5) is 0 Å². The number of ketones is 1. The molecule has 1 fully saturated rings. The number of carbonyl (C=O) groups is 2. The molecule has 2 aliphatic carbocycles. The van der Waals surface area contributed by atoms with E-state index in [1.807, 2.05) is 26.0 Å². The lowest BCUT2D eigenvalue weighted by atomic mass is 9.79. The van der Waals surface area contributed by atoms with Crippen molar-refractivity contribution in [1.29, 1.82) is 0 Å². The minimum Gasteiger partial charge on any atom is -0.426 e. The fourth-order valence-electron chi connectivity index (χ4n) is 3.23. The third-order valence-electron chi connectivity index (χ3n) is 4.41. The average molecular weight is 336 g/mol. The molecule has 3 nitrogen and oxygen atoms in total. The minimum absolute atomic E-state index is 0.114. The molecule has 0 aromatic heterocycles. The summed E-state index contributed by atoms with van der Waals surface area (Å²) in [6.07, 6.45) is 7.35. The zero-order chi connectivity index (χ0) is 18.6. The van der Waals surface area contributed by atoms with Crippen LogP contribution in [0.3, 0.4) is 0 Å². The number of rotatable bonds is 3. The molecule has 1 aromatic carbocycles. The van der Waals surface area contributed by atoms with Crippen LogP contribution in [0.25, 0.3) is 0 Å². The van der Waals surface area contributed by atoms with Gasteiger partial charge < -0.3 is 4.74 Å². The van der Waals surface area contributed by atoms with E-state index in [1.165, 1.54) is 12.5 Å². The Hall–Kier alpha value is -2.10. The second kappa shape index (κ2) is 8.33. The number of Topliss-reactive ketones (excluding diaryl/α,β-unsaturated/α-hetero) is 1. The van der Waals surface area contributed by atoms with Gasteiger partial charge in [0.15, 0.2) is 5.78 Å². The van der Waals surface area contributed by atoms with E-state index in [0.717, 1.165) is 30.4 Å². The van der Waals surface area contributed by atoms with E-state index in [1.54, 1.807) is 12.1 Å². The number of carbonyl (C=O) groups excluding carboxylic acids is 2. The van der Waals surface area contributed by atoms with Crippen molar-refractivity contribution in [2.75, 3.05) is 0 Å². The molecule has 25 heavy (non-hydrogen) atoms. The van der Waals surface area contributed by atoms with Crippen LogP contribution in [0.5, 0.6) is 5.75 Å². The lowest BCUT2D eigenvalue weighted by Gasteiger charge is -2.24. The fraction of sp³-hybridized carbons (Fsp3) is 0.429. The van der Waals surface area contributed by atoms with Crippen LogP contribution in [0, 0.1) is 0 Å². The predicted molar refractivity (Wildman–Crippen MR) is 102 cm³/mol. The van der Waals surface area contributed by atoms with Crippen LogP contribution in [-0.4, -0.2) is 19.6 Å². The van der Waals surface area contributed by atoms with E-state index in [4.69, 9.17) is 12.6 Å². The lowest BCUT2D eigenvalue weighted by molar-refractivity contribution is -0.132. The molecule has 2 radical (unpaired) electrons. The summed E-state index contributed by atoms with van der Waals surface area (Å²) in [4.78, 5) is 23.2. The SMILES string of the molecule is C=CC.[B]c1cc(OC(C)=O)c(C2C=C(C)C(=O)CC2)c(C2CC2)c1. The first-order valence-corrected chi connectivity index (χ1v) is 8.77. The highest BCUT2D eigenvalue weighted by Crippen LogP contribution is 2.47. The van der Waals surface area contributed by atoms with Crippen molar-refractivity contribution in [1.82, 2.24) is 0 Å². The van der Waals surface area contributed by atoms with Crippen LogP contribution in [-0.2, 0) is 9.59 Å². The molecule has 0 aliphatic heterocycles. The molecule has 0 spiro atoms. The van der Waals surface area contributed by atoms with E-state index < -0.39 is 0 Å². The van der Waals surface area contributed by atoms with Crippen molar-refractivity contribution >= 4 is 25.1 Å². The lowest BCUT2D eigenvalue weighted by Crippen LogP contribution is -2.17. The molecule has 0 bridgehead atoms. The number of esters is 1. The molecule has 4 heteroatoms. The Balaban J connectivity index is 0.000000701. The molecule has 3 rings (SSSR count). The van der Waals surface area contributed by atoms with E-state index in [0.29, 0.717) is 23.6 Å². The molecule has 1 saturated carbocycles. The van der Waals surface area contributed by atoms with Crippen molar-refractivity contribution < 1.29 is 14.3 Å². The monoisotopic (exact) mass is 336 g/mol. The normalized spacial score (nSPS) is 19.4. The van der Waals surface area contributed by atoms with Crippen molar-refractivity contribution in [2.45, 2.75) is 58.3 Å². The van der Waals surface area contributed by atoms with E-state index in [2.05, 4.69) is 6.58 Å². The number of benzene rings is 1. The predicted octanol–water partition coefficient (Wildman–Crippen LogP) is 3.87. The molecule has 1 atom stereocenters. The third kappa shape index (κ3) is 4.94. The van der Waals surface area contributed by atoms with E-state index in [9.17, 15) is 9.59 Å².